The molecule has 0 saturated carbocycles. The monoisotopic (exact) mass is 359 g/mol. The quantitative estimate of drug-likeness (QED) is 0.876. The van der Waals surface area contributed by atoms with Crippen LogP contribution >= 0.6 is 39.1 Å². The summed E-state index contributed by atoms with van der Waals surface area (Å²) in [5, 5.41) is 10.0. The molecule has 0 aliphatic heterocycles. The number of anilines is 1. The SMILES string of the molecule is Cc1cc(Br)ccc1NC(=O)c1cc(Cl)nnc1Cl. The molecule has 19 heavy (non-hydrogen) atoms. The molecule has 4 nitrogen and oxygen atoms in total. The average molecular weight is 361 g/mol. The maximum atomic E-state index is 12.1. The molecule has 1 aromatic heterocycles. The van der Waals surface area contributed by atoms with Crippen LogP contribution in [-0.2, 0) is 0 Å². The molecule has 1 N–H and O–H groups in total. The molecule has 0 spiro atoms. The van der Waals surface area contributed by atoms with E-state index < -0.39 is 0 Å². The van der Waals surface area contributed by atoms with E-state index in [1.165, 1.54) is 6.07 Å². The highest BCUT2D eigenvalue weighted by molar-refractivity contribution is 9.10. The number of nitrogens with one attached hydrogen (secondary N) is 1. The van der Waals surface area contributed by atoms with Gasteiger partial charge in [-0.2, -0.15) is 0 Å². The van der Waals surface area contributed by atoms with Gasteiger partial charge in [0.25, 0.3) is 5.91 Å². The van der Waals surface area contributed by atoms with Crippen molar-refractivity contribution in [3.63, 3.8) is 0 Å². The fourth-order valence-electron chi connectivity index (χ4n) is 1.47. The zero-order chi connectivity index (χ0) is 14.0. The largest absolute Gasteiger partial charge is 0.322 e. The number of hydrogen-bond acceptors (Lipinski definition) is 3. The summed E-state index contributed by atoms with van der Waals surface area (Å²) in [5.74, 6) is -0.382. The third-order valence-electron chi connectivity index (χ3n) is 2.40. The van der Waals surface area contributed by atoms with Crippen molar-refractivity contribution in [1.82, 2.24) is 10.2 Å². The maximum Gasteiger partial charge on any atom is 0.258 e. The zero-order valence-electron chi connectivity index (χ0n) is 9.75. The van der Waals surface area contributed by atoms with Gasteiger partial charge in [-0.25, -0.2) is 0 Å². The fraction of sp³-hybridized carbons (Fsp3) is 0.0833. The van der Waals surface area contributed by atoms with Gasteiger partial charge in [0.15, 0.2) is 10.3 Å². The molecule has 0 unspecified atom stereocenters. The normalized spacial score (nSPS) is 10.3. The first-order valence-corrected chi connectivity index (χ1v) is 6.78. The Morgan fingerprint density at radius 3 is 2.68 bits per heavy atom. The zero-order valence-corrected chi connectivity index (χ0v) is 12.8. The summed E-state index contributed by atoms with van der Waals surface area (Å²) in [6, 6.07) is 6.90. The molecule has 0 aliphatic rings. The van der Waals surface area contributed by atoms with Gasteiger partial charge in [-0.1, -0.05) is 39.1 Å². The van der Waals surface area contributed by atoms with E-state index in [1.54, 1.807) is 6.07 Å². The standard InChI is InChI=1S/C12H8BrCl2N3O/c1-6-4-7(13)2-3-9(6)16-12(19)8-5-10(14)17-18-11(8)15/h2-5H,1H3,(H,16,19). The van der Waals surface area contributed by atoms with Crippen LogP contribution in [0.15, 0.2) is 28.7 Å². The molecule has 0 bridgehead atoms. The van der Waals surface area contributed by atoms with E-state index in [4.69, 9.17) is 23.2 Å². The Morgan fingerprint density at radius 1 is 1.26 bits per heavy atom. The summed E-state index contributed by atoms with van der Waals surface area (Å²) in [6.45, 7) is 1.89. The van der Waals surface area contributed by atoms with Gasteiger partial charge in [0, 0.05) is 10.2 Å². The molecule has 0 radical (unpaired) electrons. The Bertz CT molecular complexity index is 649. The van der Waals surface area contributed by atoms with Crippen LogP contribution in [0.25, 0.3) is 0 Å². The van der Waals surface area contributed by atoms with Crippen molar-refractivity contribution < 1.29 is 4.79 Å². The Labute approximate surface area is 128 Å². The van der Waals surface area contributed by atoms with Crippen molar-refractivity contribution in [3.05, 3.63) is 50.2 Å². The molecule has 2 rings (SSSR count). The first kappa shape index (κ1) is 14.2. The number of aromatic nitrogens is 2. The van der Waals surface area contributed by atoms with Gasteiger partial charge < -0.3 is 5.32 Å². The van der Waals surface area contributed by atoms with E-state index >= 15 is 0 Å². The molecule has 2 aromatic rings. The predicted molar refractivity (Wildman–Crippen MR) is 78.9 cm³/mol. The summed E-state index contributed by atoms with van der Waals surface area (Å²) in [4.78, 5) is 12.1. The van der Waals surface area contributed by atoms with E-state index in [2.05, 4.69) is 31.4 Å². The number of carbonyl (C=O) groups is 1. The fourth-order valence-corrected chi connectivity index (χ4v) is 2.27. The lowest BCUT2D eigenvalue weighted by Gasteiger charge is -2.09. The summed E-state index contributed by atoms with van der Waals surface area (Å²) in [7, 11) is 0. The number of nitrogens with zero attached hydrogens (tertiary/aromatic N) is 2. The third-order valence-corrected chi connectivity index (χ3v) is 3.36. The molecular weight excluding hydrogens is 353 g/mol. The van der Waals surface area contributed by atoms with E-state index in [0.717, 1.165) is 10.0 Å². The van der Waals surface area contributed by atoms with E-state index in [-0.39, 0.29) is 21.8 Å². The second-order valence-electron chi connectivity index (χ2n) is 3.78. The Hall–Kier alpha value is -1.17. The number of rotatable bonds is 2. The van der Waals surface area contributed by atoms with Gasteiger partial charge in [0.1, 0.15) is 0 Å². The summed E-state index contributed by atoms with van der Waals surface area (Å²) < 4.78 is 0.939. The van der Waals surface area contributed by atoms with Gasteiger partial charge in [0.05, 0.1) is 5.56 Å². The number of hydrogen-bond donors (Lipinski definition) is 1. The van der Waals surface area contributed by atoms with Crippen LogP contribution in [0, 0.1) is 6.92 Å². The van der Waals surface area contributed by atoms with Crippen molar-refractivity contribution >= 4 is 50.7 Å². The molecule has 0 fully saturated rings. The summed E-state index contributed by atoms with van der Waals surface area (Å²) >= 11 is 14.9. The van der Waals surface area contributed by atoms with E-state index in [1.807, 2.05) is 19.1 Å². The Kier molecular flexibility index (Phi) is 4.39. The van der Waals surface area contributed by atoms with Crippen molar-refractivity contribution in [2.24, 2.45) is 0 Å². The van der Waals surface area contributed by atoms with Crippen LogP contribution in [0.5, 0.6) is 0 Å². The number of halogens is 3. The minimum atomic E-state index is -0.382. The molecule has 98 valence electrons. The lowest BCUT2D eigenvalue weighted by Crippen LogP contribution is -2.14. The first-order chi connectivity index (χ1) is 8.97. The van der Waals surface area contributed by atoms with Crippen molar-refractivity contribution in [2.45, 2.75) is 6.92 Å². The van der Waals surface area contributed by atoms with Gasteiger partial charge >= 0.3 is 0 Å². The number of carbonyl (C=O) groups excluding carboxylic acids is 1. The molecule has 1 heterocycles. The Morgan fingerprint density at radius 2 is 2.00 bits per heavy atom. The molecular formula is C12H8BrCl2N3O. The average Bonchev–Trinajstić information content (AvgIpc) is 2.35. The summed E-state index contributed by atoms with van der Waals surface area (Å²) in [5.41, 5.74) is 1.80. The topological polar surface area (TPSA) is 54.9 Å². The van der Waals surface area contributed by atoms with Crippen LogP contribution < -0.4 is 5.32 Å². The molecule has 0 atom stereocenters. The molecule has 0 saturated heterocycles. The van der Waals surface area contributed by atoms with Crippen molar-refractivity contribution in [2.75, 3.05) is 5.32 Å². The van der Waals surface area contributed by atoms with Crippen molar-refractivity contribution in [1.29, 1.82) is 0 Å². The van der Waals surface area contributed by atoms with Gasteiger partial charge in [-0.15, -0.1) is 10.2 Å². The van der Waals surface area contributed by atoms with E-state index in [9.17, 15) is 4.79 Å². The molecule has 7 heteroatoms. The molecule has 0 aliphatic carbocycles. The second-order valence-corrected chi connectivity index (χ2v) is 5.45. The van der Waals surface area contributed by atoms with Crippen LogP contribution in [-0.4, -0.2) is 16.1 Å². The highest BCUT2D eigenvalue weighted by atomic mass is 79.9. The first-order valence-electron chi connectivity index (χ1n) is 5.23. The number of amides is 1. The number of aryl methyl sites for hydroxylation is 1. The minimum absolute atomic E-state index is 0.0108. The highest BCUT2D eigenvalue weighted by Crippen LogP contribution is 2.22. The molecule has 1 amide bonds. The summed E-state index contributed by atoms with van der Waals surface area (Å²) in [6.07, 6.45) is 0. The lowest BCUT2D eigenvalue weighted by molar-refractivity contribution is 0.102. The van der Waals surface area contributed by atoms with Crippen LogP contribution in [0.1, 0.15) is 15.9 Å². The Balaban J connectivity index is 2.28. The smallest absolute Gasteiger partial charge is 0.258 e. The van der Waals surface area contributed by atoms with Crippen LogP contribution in [0.2, 0.25) is 10.3 Å². The van der Waals surface area contributed by atoms with E-state index in [0.29, 0.717) is 5.69 Å². The second kappa shape index (κ2) is 5.86. The van der Waals surface area contributed by atoms with Crippen LogP contribution in [0.4, 0.5) is 5.69 Å². The minimum Gasteiger partial charge on any atom is -0.322 e. The maximum absolute atomic E-state index is 12.1. The lowest BCUT2D eigenvalue weighted by atomic mass is 10.2. The molecule has 1 aromatic carbocycles. The van der Waals surface area contributed by atoms with Crippen LogP contribution in [0.3, 0.4) is 0 Å². The van der Waals surface area contributed by atoms with Gasteiger partial charge in [0.2, 0.25) is 0 Å². The van der Waals surface area contributed by atoms with Gasteiger partial charge in [-0.3, -0.25) is 4.79 Å². The third kappa shape index (κ3) is 3.43. The predicted octanol–water partition coefficient (Wildman–Crippen LogP) is 4.11. The van der Waals surface area contributed by atoms with Crippen molar-refractivity contribution in [3.8, 4) is 0 Å². The van der Waals surface area contributed by atoms with Gasteiger partial charge in [-0.05, 0) is 36.8 Å². The highest BCUT2D eigenvalue weighted by Gasteiger charge is 2.14. The number of benzene rings is 1.